The summed E-state index contributed by atoms with van der Waals surface area (Å²) < 4.78 is 11.5. The first-order valence-electron chi connectivity index (χ1n) is 8.79. The Morgan fingerprint density at radius 3 is 2.80 bits per heavy atom. The van der Waals surface area contributed by atoms with Gasteiger partial charge >= 0.3 is 0 Å². The van der Waals surface area contributed by atoms with Crippen molar-refractivity contribution in [1.82, 2.24) is 10.3 Å². The molecule has 2 heterocycles. The summed E-state index contributed by atoms with van der Waals surface area (Å²) in [7, 11) is 0. The van der Waals surface area contributed by atoms with Crippen LogP contribution in [0.2, 0.25) is 5.02 Å². The van der Waals surface area contributed by atoms with E-state index in [2.05, 4.69) is 37.1 Å². The standard InChI is InChI=1S/C20H25ClN2O2/c1-13(2)18(19-14(3)6-4-7-22-19)23-12-15-10-16(21)20-17(11-15)24-8-5-9-25-20/h4,6-7,10-11,13,18,23H,5,8-9,12H2,1-3H3. The van der Waals surface area contributed by atoms with Crippen molar-refractivity contribution in [2.24, 2.45) is 5.92 Å². The molecule has 1 aliphatic heterocycles. The van der Waals surface area contributed by atoms with E-state index in [9.17, 15) is 0 Å². The van der Waals surface area contributed by atoms with E-state index < -0.39 is 0 Å². The summed E-state index contributed by atoms with van der Waals surface area (Å²) in [5.41, 5.74) is 3.37. The van der Waals surface area contributed by atoms with E-state index in [0.717, 1.165) is 23.4 Å². The maximum absolute atomic E-state index is 6.39. The van der Waals surface area contributed by atoms with Crippen LogP contribution in [0.15, 0.2) is 30.5 Å². The van der Waals surface area contributed by atoms with Gasteiger partial charge in [-0.25, -0.2) is 0 Å². The number of benzene rings is 1. The summed E-state index contributed by atoms with van der Waals surface area (Å²) in [5, 5.41) is 4.23. The number of rotatable bonds is 5. The van der Waals surface area contributed by atoms with Crippen molar-refractivity contribution in [1.29, 1.82) is 0 Å². The van der Waals surface area contributed by atoms with Gasteiger partial charge < -0.3 is 14.8 Å². The van der Waals surface area contributed by atoms with E-state index in [0.29, 0.717) is 36.4 Å². The maximum atomic E-state index is 6.39. The first-order chi connectivity index (χ1) is 12.1. The van der Waals surface area contributed by atoms with E-state index in [1.165, 1.54) is 5.56 Å². The highest BCUT2D eigenvalue weighted by Gasteiger charge is 2.20. The van der Waals surface area contributed by atoms with Crippen LogP contribution in [-0.2, 0) is 6.54 Å². The molecule has 0 radical (unpaired) electrons. The molecule has 5 heteroatoms. The van der Waals surface area contributed by atoms with Gasteiger partial charge in [0.2, 0.25) is 0 Å². The molecule has 0 amide bonds. The number of aryl methyl sites for hydroxylation is 1. The van der Waals surface area contributed by atoms with Crippen LogP contribution in [0.5, 0.6) is 11.5 Å². The minimum Gasteiger partial charge on any atom is -0.489 e. The topological polar surface area (TPSA) is 43.4 Å². The molecule has 4 nitrogen and oxygen atoms in total. The Kier molecular flexibility index (Phi) is 5.82. The molecule has 1 atom stereocenters. The average molecular weight is 361 g/mol. The van der Waals surface area contributed by atoms with Crippen LogP contribution in [0.1, 0.15) is 43.1 Å². The van der Waals surface area contributed by atoms with Crippen LogP contribution in [-0.4, -0.2) is 18.2 Å². The third-order valence-corrected chi connectivity index (χ3v) is 4.68. The molecule has 0 fully saturated rings. The molecule has 0 saturated carbocycles. The maximum Gasteiger partial charge on any atom is 0.179 e. The fourth-order valence-electron chi connectivity index (χ4n) is 3.09. The quantitative estimate of drug-likeness (QED) is 0.839. The molecule has 1 aliphatic rings. The van der Waals surface area contributed by atoms with E-state index in [4.69, 9.17) is 21.1 Å². The number of nitrogens with zero attached hydrogens (tertiary/aromatic N) is 1. The number of ether oxygens (including phenoxy) is 2. The molecule has 0 aliphatic carbocycles. The molecule has 1 N–H and O–H groups in total. The lowest BCUT2D eigenvalue weighted by atomic mass is 9.97. The zero-order valence-electron chi connectivity index (χ0n) is 15.0. The summed E-state index contributed by atoms with van der Waals surface area (Å²) in [4.78, 5) is 4.58. The van der Waals surface area contributed by atoms with Crippen molar-refractivity contribution in [3.05, 3.63) is 52.3 Å². The van der Waals surface area contributed by atoms with Crippen LogP contribution in [0.3, 0.4) is 0 Å². The Labute approximate surface area is 154 Å². The van der Waals surface area contributed by atoms with Crippen molar-refractivity contribution in [3.63, 3.8) is 0 Å². The molecular weight excluding hydrogens is 336 g/mol. The Morgan fingerprint density at radius 2 is 2.04 bits per heavy atom. The lowest BCUT2D eigenvalue weighted by Crippen LogP contribution is -2.27. The third-order valence-electron chi connectivity index (χ3n) is 4.40. The number of hydrogen-bond donors (Lipinski definition) is 1. The molecule has 134 valence electrons. The summed E-state index contributed by atoms with van der Waals surface area (Å²) in [6.07, 6.45) is 2.72. The van der Waals surface area contributed by atoms with Crippen molar-refractivity contribution in [2.75, 3.05) is 13.2 Å². The second kappa shape index (κ2) is 8.07. The van der Waals surface area contributed by atoms with Gasteiger partial charge in [-0.1, -0.05) is 31.5 Å². The smallest absolute Gasteiger partial charge is 0.179 e. The van der Waals surface area contributed by atoms with Crippen molar-refractivity contribution in [2.45, 2.75) is 39.8 Å². The van der Waals surface area contributed by atoms with E-state index >= 15 is 0 Å². The fourth-order valence-corrected chi connectivity index (χ4v) is 3.37. The molecule has 0 saturated heterocycles. The van der Waals surface area contributed by atoms with E-state index in [1.54, 1.807) is 0 Å². The van der Waals surface area contributed by atoms with Gasteiger partial charge in [-0.05, 0) is 42.2 Å². The molecule has 0 bridgehead atoms. The van der Waals surface area contributed by atoms with Crippen molar-refractivity contribution >= 4 is 11.6 Å². The van der Waals surface area contributed by atoms with Gasteiger partial charge in [-0.3, -0.25) is 4.98 Å². The second-order valence-corrected chi connectivity index (χ2v) is 7.17. The Balaban J connectivity index is 1.79. The van der Waals surface area contributed by atoms with Crippen LogP contribution >= 0.6 is 11.6 Å². The number of halogens is 1. The Bertz CT molecular complexity index is 734. The van der Waals surface area contributed by atoms with Crippen LogP contribution < -0.4 is 14.8 Å². The molecule has 1 unspecified atom stereocenters. The van der Waals surface area contributed by atoms with Crippen molar-refractivity contribution in [3.8, 4) is 11.5 Å². The second-order valence-electron chi connectivity index (χ2n) is 6.76. The lowest BCUT2D eigenvalue weighted by molar-refractivity contribution is 0.297. The summed E-state index contributed by atoms with van der Waals surface area (Å²) in [6, 6.07) is 8.22. The highest BCUT2D eigenvalue weighted by atomic mass is 35.5. The van der Waals surface area contributed by atoms with Crippen molar-refractivity contribution < 1.29 is 9.47 Å². The van der Waals surface area contributed by atoms with E-state index in [1.807, 2.05) is 24.4 Å². The summed E-state index contributed by atoms with van der Waals surface area (Å²) in [6.45, 7) is 8.49. The largest absolute Gasteiger partial charge is 0.489 e. The van der Waals surface area contributed by atoms with Crippen LogP contribution in [0.25, 0.3) is 0 Å². The SMILES string of the molecule is Cc1cccnc1C(NCc1cc(Cl)c2c(c1)OCCCO2)C(C)C. The predicted molar refractivity (Wildman–Crippen MR) is 100 cm³/mol. The summed E-state index contributed by atoms with van der Waals surface area (Å²) >= 11 is 6.39. The molecule has 25 heavy (non-hydrogen) atoms. The van der Waals surface area contributed by atoms with Gasteiger partial charge in [0.15, 0.2) is 11.5 Å². The minimum absolute atomic E-state index is 0.177. The zero-order chi connectivity index (χ0) is 17.8. The van der Waals surface area contributed by atoms with Gasteiger partial charge in [0, 0.05) is 19.2 Å². The molecule has 1 aromatic heterocycles. The number of aromatic nitrogens is 1. The Morgan fingerprint density at radius 1 is 1.24 bits per heavy atom. The number of pyridine rings is 1. The molecule has 1 aromatic carbocycles. The minimum atomic E-state index is 0.177. The third kappa shape index (κ3) is 4.25. The zero-order valence-corrected chi connectivity index (χ0v) is 15.8. The molecule has 0 spiro atoms. The Hall–Kier alpha value is -1.78. The number of nitrogens with one attached hydrogen (secondary N) is 1. The van der Waals surface area contributed by atoms with E-state index in [-0.39, 0.29) is 6.04 Å². The lowest BCUT2D eigenvalue weighted by Gasteiger charge is -2.24. The van der Waals surface area contributed by atoms with Gasteiger partial charge in [0.25, 0.3) is 0 Å². The first-order valence-corrected chi connectivity index (χ1v) is 9.17. The normalized spacial score (nSPS) is 15.1. The fraction of sp³-hybridized carbons (Fsp3) is 0.450. The average Bonchev–Trinajstić information content (AvgIpc) is 2.82. The molecule has 3 rings (SSSR count). The van der Waals surface area contributed by atoms with Gasteiger partial charge in [-0.2, -0.15) is 0 Å². The van der Waals surface area contributed by atoms with Gasteiger partial charge in [-0.15, -0.1) is 0 Å². The van der Waals surface area contributed by atoms with Gasteiger partial charge in [0.05, 0.1) is 30.0 Å². The summed E-state index contributed by atoms with van der Waals surface area (Å²) in [5.74, 6) is 1.81. The number of fused-ring (bicyclic) bond motifs is 1. The monoisotopic (exact) mass is 360 g/mol. The predicted octanol–water partition coefficient (Wildman–Crippen LogP) is 4.69. The number of hydrogen-bond acceptors (Lipinski definition) is 4. The first kappa shape index (κ1) is 18.0. The molecular formula is C20H25ClN2O2. The van der Waals surface area contributed by atoms with Crippen LogP contribution in [0, 0.1) is 12.8 Å². The molecule has 2 aromatic rings. The highest BCUT2D eigenvalue weighted by molar-refractivity contribution is 6.32. The van der Waals surface area contributed by atoms with Gasteiger partial charge in [0.1, 0.15) is 0 Å². The highest BCUT2D eigenvalue weighted by Crippen LogP contribution is 2.38. The van der Waals surface area contributed by atoms with Crippen LogP contribution in [0.4, 0.5) is 0 Å².